The van der Waals surface area contributed by atoms with Gasteiger partial charge in [-0.1, -0.05) is 50.0 Å². The van der Waals surface area contributed by atoms with E-state index in [1.165, 1.54) is 19.3 Å². The Kier molecular flexibility index (Phi) is 8.79. The van der Waals surface area contributed by atoms with E-state index in [-0.39, 0.29) is 18.1 Å². The Morgan fingerprint density at radius 2 is 1.96 bits per heavy atom. The third-order valence-corrected chi connectivity index (χ3v) is 5.90. The van der Waals surface area contributed by atoms with Crippen molar-refractivity contribution in [3.63, 3.8) is 0 Å². The number of carboxylic acids is 1. The van der Waals surface area contributed by atoms with Crippen LogP contribution in [0.4, 0.5) is 0 Å². The quantitative estimate of drug-likeness (QED) is 0.312. The zero-order valence-corrected chi connectivity index (χ0v) is 16.8. The van der Waals surface area contributed by atoms with Crippen molar-refractivity contribution in [3.05, 3.63) is 34.4 Å². The van der Waals surface area contributed by atoms with Gasteiger partial charge < -0.3 is 10.2 Å². The summed E-state index contributed by atoms with van der Waals surface area (Å²) in [6, 6.07) is 0. The second kappa shape index (κ2) is 10.8. The lowest BCUT2D eigenvalue weighted by molar-refractivity contribution is -0.137. The van der Waals surface area contributed by atoms with Crippen LogP contribution in [-0.2, 0) is 9.59 Å². The van der Waals surface area contributed by atoms with Gasteiger partial charge in [-0.3, -0.25) is 9.59 Å². The third kappa shape index (κ3) is 6.51. The lowest BCUT2D eigenvalue weighted by Gasteiger charge is -2.24. The molecule has 2 rings (SSSR count). The van der Waals surface area contributed by atoms with Gasteiger partial charge in [-0.25, -0.2) is 0 Å². The van der Waals surface area contributed by atoms with E-state index in [4.69, 9.17) is 5.11 Å². The molecular formula is C21H29BrO4. The first-order valence-electron chi connectivity index (χ1n) is 9.69. The Morgan fingerprint density at radius 3 is 2.65 bits per heavy atom. The number of aliphatic hydroxyl groups excluding tert-OH is 1. The normalized spacial score (nSPS) is 24.4. The molecular weight excluding hydrogens is 396 g/mol. The number of halogens is 1. The molecule has 5 heteroatoms. The minimum Gasteiger partial charge on any atom is -0.481 e. The molecule has 2 N–H and O–H groups in total. The molecule has 0 aromatic carbocycles. The number of allylic oxidation sites excluding steroid dienone is 5. The number of hydrogen-bond acceptors (Lipinski definition) is 3. The fourth-order valence-electron chi connectivity index (χ4n) is 3.72. The Morgan fingerprint density at radius 1 is 1.23 bits per heavy atom. The fraction of sp³-hybridized carbons (Fsp3) is 0.619. The average molecular weight is 425 g/mol. The molecule has 0 heterocycles. The molecule has 0 aromatic heterocycles. The van der Waals surface area contributed by atoms with E-state index in [0.29, 0.717) is 16.8 Å². The predicted octanol–water partition coefficient (Wildman–Crippen LogP) is 4.92. The summed E-state index contributed by atoms with van der Waals surface area (Å²) in [6.07, 6.45) is 16.4. The molecule has 2 unspecified atom stereocenters. The molecule has 2 aliphatic rings. The summed E-state index contributed by atoms with van der Waals surface area (Å²) in [6.45, 7) is 0. The Labute approximate surface area is 164 Å². The minimum atomic E-state index is -0.760. The monoisotopic (exact) mass is 424 g/mol. The van der Waals surface area contributed by atoms with E-state index in [1.807, 2.05) is 24.3 Å². The van der Waals surface area contributed by atoms with Crippen LogP contribution < -0.4 is 0 Å². The summed E-state index contributed by atoms with van der Waals surface area (Å²) in [5.74, 6) is -0.498. The van der Waals surface area contributed by atoms with Gasteiger partial charge >= 0.3 is 5.97 Å². The molecule has 2 atom stereocenters. The van der Waals surface area contributed by atoms with E-state index in [9.17, 15) is 14.7 Å². The standard InChI is InChI=1S/C21H29BrO4/c22-18-14-16(12-13-19(23)15-8-4-3-5-9-15)17(21(18)26)10-6-1-2-7-11-20(24)25/h10,12-16,19,23H,1-9,11H2,(H,24,25)/b13-12+,17-10-. The van der Waals surface area contributed by atoms with E-state index in [1.54, 1.807) is 0 Å². The van der Waals surface area contributed by atoms with Crippen molar-refractivity contribution >= 4 is 27.7 Å². The van der Waals surface area contributed by atoms with Crippen molar-refractivity contribution in [1.29, 1.82) is 0 Å². The first-order chi connectivity index (χ1) is 12.5. The number of aliphatic hydroxyl groups is 1. The van der Waals surface area contributed by atoms with Crippen LogP contribution in [-0.4, -0.2) is 28.1 Å². The van der Waals surface area contributed by atoms with E-state index in [0.717, 1.165) is 37.7 Å². The number of rotatable bonds is 9. The Bertz CT molecular complexity index is 585. The summed E-state index contributed by atoms with van der Waals surface area (Å²) in [7, 11) is 0. The molecule has 4 nitrogen and oxygen atoms in total. The fourth-order valence-corrected chi connectivity index (χ4v) is 4.24. The van der Waals surface area contributed by atoms with Gasteiger partial charge in [0.2, 0.25) is 0 Å². The van der Waals surface area contributed by atoms with E-state index in [2.05, 4.69) is 15.9 Å². The highest BCUT2D eigenvalue weighted by atomic mass is 79.9. The van der Waals surface area contributed by atoms with Crippen molar-refractivity contribution in [1.82, 2.24) is 0 Å². The largest absolute Gasteiger partial charge is 0.481 e. The van der Waals surface area contributed by atoms with Crippen LogP contribution in [0.2, 0.25) is 0 Å². The molecule has 26 heavy (non-hydrogen) atoms. The van der Waals surface area contributed by atoms with Crippen LogP contribution in [0.15, 0.2) is 34.4 Å². The molecule has 0 amide bonds. The Balaban J connectivity index is 1.88. The second-order valence-electron chi connectivity index (χ2n) is 7.30. The Hall–Kier alpha value is -1.20. The first-order valence-corrected chi connectivity index (χ1v) is 10.5. The maximum atomic E-state index is 12.3. The summed E-state index contributed by atoms with van der Waals surface area (Å²) < 4.78 is 0.580. The summed E-state index contributed by atoms with van der Waals surface area (Å²) >= 11 is 3.33. The molecule has 0 radical (unpaired) electrons. The third-order valence-electron chi connectivity index (χ3n) is 5.27. The summed E-state index contributed by atoms with van der Waals surface area (Å²) in [5.41, 5.74) is 0.752. The van der Waals surface area contributed by atoms with Crippen LogP contribution in [0.3, 0.4) is 0 Å². The number of unbranched alkanes of at least 4 members (excludes halogenated alkanes) is 3. The van der Waals surface area contributed by atoms with Gasteiger partial charge in [-0.2, -0.15) is 0 Å². The lowest BCUT2D eigenvalue weighted by atomic mass is 9.84. The zero-order valence-electron chi connectivity index (χ0n) is 15.2. The molecule has 2 aliphatic carbocycles. The smallest absolute Gasteiger partial charge is 0.303 e. The molecule has 0 saturated heterocycles. The topological polar surface area (TPSA) is 74.6 Å². The van der Waals surface area contributed by atoms with E-state index < -0.39 is 12.1 Å². The van der Waals surface area contributed by atoms with Gasteiger partial charge in [0.25, 0.3) is 0 Å². The first kappa shape index (κ1) is 21.1. The van der Waals surface area contributed by atoms with E-state index >= 15 is 0 Å². The highest BCUT2D eigenvalue weighted by Crippen LogP contribution is 2.33. The maximum Gasteiger partial charge on any atom is 0.303 e. The van der Waals surface area contributed by atoms with Crippen LogP contribution in [0, 0.1) is 11.8 Å². The molecule has 0 spiro atoms. The van der Waals surface area contributed by atoms with Gasteiger partial charge in [0.05, 0.1) is 10.6 Å². The van der Waals surface area contributed by atoms with Gasteiger partial charge in [-0.05, 0) is 54.0 Å². The SMILES string of the molecule is O=C(O)CCCCC/C=C1\C(=O)C(Br)=CC1/C=C/C(O)C1CCCCC1. The number of Topliss-reactive ketones (excluding diaryl/α,β-unsaturated/α-hetero) is 1. The number of carbonyl (C=O) groups is 2. The molecule has 0 aliphatic heterocycles. The lowest BCUT2D eigenvalue weighted by Crippen LogP contribution is -2.20. The molecule has 1 saturated carbocycles. The van der Waals surface area contributed by atoms with Crippen LogP contribution >= 0.6 is 15.9 Å². The zero-order chi connectivity index (χ0) is 18.9. The molecule has 0 bridgehead atoms. The number of aliphatic carboxylic acids is 1. The maximum absolute atomic E-state index is 12.3. The van der Waals surface area contributed by atoms with Crippen LogP contribution in [0.1, 0.15) is 64.2 Å². The highest BCUT2D eigenvalue weighted by molar-refractivity contribution is 9.12. The minimum absolute atomic E-state index is 0.0114. The summed E-state index contributed by atoms with van der Waals surface area (Å²) in [4.78, 5) is 22.8. The van der Waals surface area contributed by atoms with Crippen molar-refractivity contribution < 1.29 is 19.8 Å². The second-order valence-corrected chi connectivity index (χ2v) is 8.15. The highest BCUT2D eigenvalue weighted by Gasteiger charge is 2.27. The van der Waals surface area contributed by atoms with Crippen molar-refractivity contribution in [2.75, 3.05) is 0 Å². The number of hydrogen-bond donors (Lipinski definition) is 2. The van der Waals surface area contributed by atoms with Crippen molar-refractivity contribution in [2.45, 2.75) is 70.3 Å². The summed E-state index contributed by atoms with van der Waals surface area (Å²) in [5, 5.41) is 19.0. The predicted molar refractivity (Wildman–Crippen MR) is 106 cm³/mol. The van der Waals surface area contributed by atoms with Gasteiger partial charge in [0, 0.05) is 17.9 Å². The molecule has 1 fully saturated rings. The van der Waals surface area contributed by atoms with Crippen LogP contribution in [0.5, 0.6) is 0 Å². The van der Waals surface area contributed by atoms with Crippen LogP contribution in [0.25, 0.3) is 0 Å². The number of ketones is 1. The number of carbonyl (C=O) groups excluding carboxylic acids is 1. The van der Waals surface area contributed by atoms with Gasteiger partial charge in [-0.15, -0.1) is 0 Å². The average Bonchev–Trinajstić information content (AvgIpc) is 2.90. The van der Waals surface area contributed by atoms with Gasteiger partial charge in [0.1, 0.15) is 0 Å². The number of carboxylic acid groups (broad SMARTS) is 1. The van der Waals surface area contributed by atoms with Crippen molar-refractivity contribution in [2.24, 2.45) is 11.8 Å². The molecule has 144 valence electrons. The van der Waals surface area contributed by atoms with Crippen molar-refractivity contribution in [3.8, 4) is 0 Å². The molecule has 0 aromatic rings. The van der Waals surface area contributed by atoms with Gasteiger partial charge in [0.15, 0.2) is 5.78 Å².